The van der Waals surface area contributed by atoms with E-state index in [0.29, 0.717) is 24.3 Å². The number of hydrogen-bond acceptors (Lipinski definition) is 5. The summed E-state index contributed by atoms with van der Waals surface area (Å²) in [6, 6.07) is 4.82. The highest BCUT2D eigenvalue weighted by Crippen LogP contribution is 2.28. The Morgan fingerprint density at radius 2 is 1.75 bits per heavy atom. The van der Waals surface area contributed by atoms with Crippen molar-refractivity contribution < 1.29 is 23.9 Å². The Morgan fingerprint density at radius 3 is 2.32 bits per heavy atom. The maximum atomic E-state index is 12.8. The summed E-state index contributed by atoms with van der Waals surface area (Å²) in [5, 5.41) is 5.54. The first kappa shape index (κ1) is 21.5. The van der Waals surface area contributed by atoms with Crippen LogP contribution in [0.2, 0.25) is 0 Å². The van der Waals surface area contributed by atoms with Gasteiger partial charge in [0.2, 0.25) is 5.91 Å². The molecule has 0 aliphatic carbocycles. The van der Waals surface area contributed by atoms with Gasteiger partial charge in [-0.1, -0.05) is 32.8 Å². The van der Waals surface area contributed by atoms with E-state index < -0.39 is 17.5 Å². The summed E-state index contributed by atoms with van der Waals surface area (Å²) >= 11 is 0. The third kappa shape index (κ3) is 4.55. The zero-order valence-corrected chi connectivity index (χ0v) is 17.0. The van der Waals surface area contributed by atoms with E-state index >= 15 is 0 Å². The predicted molar refractivity (Wildman–Crippen MR) is 104 cm³/mol. The first-order valence-electron chi connectivity index (χ1n) is 9.52. The van der Waals surface area contributed by atoms with E-state index in [1.807, 2.05) is 19.9 Å². The third-order valence-corrected chi connectivity index (χ3v) is 4.84. The van der Waals surface area contributed by atoms with Crippen LogP contribution in [0, 0.1) is 0 Å². The second-order valence-electron chi connectivity index (χ2n) is 6.87. The first-order chi connectivity index (χ1) is 13.4. The number of carbonyl (C=O) groups excluding carboxylic acids is 3. The molecule has 1 aliphatic heterocycles. The smallest absolute Gasteiger partial charge is 0.325 e. The Labute approximate surface area is 165 Å². The topological polar surface area (TPSA) is 97.0 Å². The van der Waals surface area contributed by atoms with E-state index in [-0.39, 0.29) is 19.0 Å². The number of benzene rings is 1. The van der Waals surface area contributed by atoms with E-state index in [1.165, 1.54) is 7.11 Å². The second-order valence-corrected chi connectivity index (χ2v) is 6.87. The first-order valence-corrected chi connectivity index (χ1v) is 9.52. The van der Waals surface area contributed by atoms with Gasteiger partial charge < -0.3 is 20.1 Å². The lowest BCUT2D eigenvalue weighted by Crippen LogP contribution is -2.47. The molecule has 0 aromatic heterocycles. The van der Waals surface area contributed by atoms with Crippen molar-refractivity contribution in [3.63, 3.8) is 0 Å². The average molecular weight is 391 g/mol. The molecule has 2 N–H and O–H groups in total. The number of methoxy groups -OCH3 is 2. The molecule has 28 heavy (non-hydrogen) atoms. The molecule has 1 heterocycles. The quantitative estimate of drug-likeness (QED) is 0.596. The van der Waals surface area contributed by atoms with Crippen molar-refractivity contribution in [1.29, 1.82) is 0 Å². The number of hydrogen-bond donors (Lipinski definition) is 2. The van der Waals surface area contributed by atoms with Gasteiger partial charge in [-0.15, -0.1) is 0 Å². The molecule has 8 heteroatoms. The molecule has 0 radical (unpaired) electrons. The molecule has 8 nitrogen and oxygen atoms in total. The fraction of sp³-hybridized carbons (Fsp3) is 0.550. The van der Waals surface area contributed by atoms with Crippen LogP contribution < -0.4 is 20.1 Å². The normalized spacial score (nSPS) is 15.4. The Balaban J connectivity index is 1.99. The number of ether oxygens (including phenoxy) is 2. The van der Waals surface area contributed by atoms with Gasteiger partial charge in [-0.2, -0.15) is 0 Å². The van der Waals surface area contributed by atoms with Gasteiger partial charge in [0, 0.05) is 6.54 Å². The molecule has 2 rings (SSSR count). The monoisotopic (exact) mass is 391 g/mol. The number of amides is 4. The van der Waals surface area contributed by atoms with Gasteiger partial charge in [0.05, 0.1) is 14.2 Å². The Kier molecular flexibility index (Phi) is 7.25. The van der Waals surface area contributed by atoms with Gasteiger partial charge in [-0.05, 0) is 30.5 Å². The molecule has 1 saturated heterocycles. The molecule has 0 spiro atoms. The number of nitrogens with zero attached hydrogens (tertiary/aromatic N) is 1. The average Bonchev–Trinajstić information content (AvgIpc) is 2.90. The van der Waals surface area contributed by atoms with Crippen LogP contribution in [0.25, 0.3) is 0 Å². The molecule has 4 amide bonds. The van der Waals surface area contributed by atoms with Crippen LogP contribution in [-0.2, 0) is 16.1 Å². The number of carbonyl (C=O) groups is 3. The Morgan fingerprint density at radius 1 is 1.11 bits per heavy atom. The van der Waals surface area contributed by atoms with Crippen LogP contribution in [0.15, 0.2) is 18.2 Å². The number of nitrogens with one attached hydrogen (secondary N) is 2. The Hall–Kier alpha value is -2.77. The van der Waals surface area contributed by atoms with E-state index in [4.69, 9.17) is 9.47 Å². The van der Waals surface area contributed by atoms with Crippen molar-refractivity contribution in [2.75, 3.05) is 20.8 Å². The summed E-state index contributed by atoms with van der Waals surface area (Å²) < 4.78 is 10.4. The summed E-state index contributed by atoms with van der Waals surface area (Å²) in [5.41, 5.74) is -0.0703. The van der Waals surface area contributed by atoms with Crippen molar-refractivity contribution in [2.45, 2.75) is 51.6 Å². The lowest BCUT2D eigenvalue weighted by atomic mass is 9.88. The summed E-state index contributed by atoms with van der Waals surface area (Å²) in [6.07, 6.45) is 2.67. The maximum Gasteiger partial charge on any atom is 0.325 e. The molecule has 1 aromatic rings. The van der Waals surface area contributed by atoms with Crippen molar-refractivity contribution in [3.05, 3.63) is 23.8 Å². The molecule has 1 aliphatic rings. The van der Waals surface area contributed by atoms with Crippen LogP contribution in [0.4, 0.5) is 4.79 Å². The second kappa shape index (κ2) is 9.43. The molecule has 154 valence electrons. The predicted octanol–water partition coefficient (Wildman–Crippen LogP) is 2.21. The summed E-state index contributed by atoms with van der Waals surface area (Å²) in [5.74, 6) is 0.442. The molecular weight excluding hydrogens is 362 g/mol. The minimum absolute atomic E-state index is 0.248. The number of rotatable bonds is 10. The number of imide groups is 1. The van der Waals surface area contributed by atoms with Gasteiger partial charge >= 0.3 is 6.03 Å². The highest BCUT2D eigenvalue weighted by atomic mass is 16.5. The lowest BCUT2D eigenvalue weighted by Gasteiger charge is -2.25. The molecule has 0 unspecified atom stereocenters. The minimum atomic E-state index is -0.885. The SMILES string of the molecule is CCCC1(CCC)NC(=O)N(CC(=O)NCc2ccc(OC)c(OC)c2)C1=O. The van der Waals surface area contributed by atoms with Crippen LogP contribution in [0.3, 0.4) is 0 Å². The van der Waals surface area contributed by atoms with Crippen molar-refractivity contribution >= 4 is 17.8 Å². The summed E-state index contributed by atoms with van der Waals surface area (Å²) in [6.45, 7) is 3.88. The van der Waals surface area contributed by atoms with Crippen molar-refractivity contribution in [3.8, 4) is 11.5 Å². The summed E-state index contributed by atoms with van der Waals surface area (Å²) in [4.78, 5) is 38.4. The molecule has 0 atom stereocenters. The highest BCUT2D eigenvalue weighted by molar-refractivity contribution is 6.09. The van der Waals surface area contributed by atoms with Gasteiger partial charge in [-0.25, -0.2) is 4.79 Å². The zero-order valence-electron chi connectivity index (χ0n) is 17.0. The van der Waals surface area contributed by atoms with E-state index in [0.717, 1.165) is 23.3 Å². The third-order valence-electron chi connectivity index (χ3n) is 4.84. The Bertz CT molecular complexity index is 729. The van der Waals surface area contributed by atoms with Gasteiger partial charge in [0.1, 0.15) is 12.1 Å². The molecule has 0 bridgehead atoms. The van der Waals surface area contributed by atoms with Crippen LogP contribution >= 0.6 is 0 Å². The zero-order chi connectivity index (χ0) is 20.7. The highest BCUT2D eigenvalue weighted by Gasteiger charge is 2.50. The summed E-state index contributed by atoms with van der Waals surface area (Å²) in [7, 11) is 3.09. The van der Waals surface area contributed by atoms with Gasteiger partial charge in [0.25, 0.3) is 5.91 Å². The largest absolute Gasteiger partial charge is 0.493 e. The standard InChI is InChI=1S/C20H29N3O5/c1-5-9-20(10-6-2)18(25)23(19(26)22-20)13-17(24)21-12-14-7-8-15(27-3)16(11-14)28-4/h7-8,11H,5-6,9-10,12-13H2,1-4H3,(H,21,24)(H,22,26). The molecule has 1 aromatic carbocycles. The number of urea groups is 1. The molecule has 1 fully saturated rings. The van der Waals surface area contributed by atoms with Gasteiger partial charge in [0.15, 0.2) is 11.5 Å². The fourth-order valence-corrected chi connectivity index (χ4v) is 3.53. The van der Waals surface area contributed by atoms with Gasteiger partial charge in [-0.3, -0.25) is 14.5 Å². The van der Waals surface area contributed by atoms with Crippen molar-refractivity contribution in [1.82, 2.24) is 15.5 Å². The van der Waals surface area contributed by atoms with Crippen LogP contribution in [-0.4, -0.2) is 49.0 Å². The van der Waals surface area contributed by atoms with E-state index in [2.05, 4.69) is 10.6 Å². The maximum absolute atomic E-state index is 12.8. The lowest BCUT2D eigenvalue weighted by molar-refractivity contribution is -0.135. The molecular formula is C20H29N3O5. The van der Waals surface area contributed by atoms with Crippen LogP contribution in [0.1, 0.15) is 45.1 Å². The molecule has 0 saturated carbocycles. The van der Waals surface area contributed by atoms with E-state index in [9.17, 15) is 14.4 Å². The van der Waals surface area contributed by atoms with Crippen LogP contribution in [0.5, 0.6) is 11.5 Å². The minimum Gasteiger partial charge on any atom is -0.493 e. The fourth-order valence-electron chi connectivity index (χ4n) is 3.53. The van der Waals surface area contributed by atoms with Crippen molar-refractivity contribution in [2.24, 2.45) is 0 Å². The van der Waals surface area contributed by atoms with E-state index in [1.54, 1.807) is 19.2 Å².